The number of hydrogen-bond acceptors (Lipinski definition) is 5. The van der Waals surface area contributed by atoms with Gasteiger partial charge in [0, 0.05) is 24.2 Å². The second kappa shape index (κ2) is 9.21. The van der Waals surface area contributed by atoms with E-state index < -0.39 is 10.0 Å². The summed E-state index contributed by atoms with van der Waals surface area (Å²) in [6, 6.07) is 14.7. The maximum atomic E-state index is 12.9. The van der Waals surface area contributed by atoms with E-state index in [-0.39, 0.29) is 11.2 Å². The van der Waals surface area contributed by atoms with E-state index in [1.54, 1.807) is 22.5 Å². The molecule has 4 rings (SSSR count). The van der Waals surface area contributed by atoms with Crippen molar-refractivity contribution in [3.8, 4) is 0 Å². The fraction of sp³-hybridized carbons (Fsp3) is 0.333. The number of fused-ring (bicyclic) bond motifs is 1. The minimum Gasteiger partial charge on any atom is -0.325 e. The number of pyridine rings is 1. The lowest BCUT2D eigenvalue weighted by atomic mass is 10.1. The molecule has 1 aliphatic rings. The molecule has 1 N–H and O–H groups in total. The van der Waals surface area contributed by atoms with Gasteiger partial charge >= 0.3 is 0 Å². The Morgan fingerprint density at radius 2 is 1.78 bits per heavy atom. The van der Waals surface area contributed by atoms with Crippen molar-refractivity contribution in [3.05, 3.63) is 59.7 Å². The quantitative estimate of drug-likeness (QED) is 0.527. The van der Waals surface area contributed by atoms with Crippen molar-refractivity contribution in [3.63, 3.8) is 0 Å². The van der Waals surface area contributed by atoms with Crippen LogP contribution in [0, 0.1) is 13.8 Å². The summed E-state index contributed by atoms with van der Waals surface area (Å²) >= 11 is 1.39. The Balaban J connectivity index is 1.54. The molecule has 1 aliphatic heterocycles. The van der Waals surface area contributed by atoms with Crippen LogP contribution in [0.1, 0.15) is 30.9 Å². The lowest BCUT2D eigenvalue weighted by Gasteiger charge is -2.17. The first-order valence-corrected chi connectivity index (χ1v) is 13.0. The van der Waals surface area contributed by atoms with Gasteiger partial charge in [-0.1, -0.05) is 30.0 Å². The summed E-state index contributed by atoms with van der Waals surface area (Å²) in [5.41, 5.74) is 3.47. The van der Waals surface area contributed by atoms with Gasteiger partial charge in [0.1, 0.15) is 0 Å². The molecule has 0 radical (unpaired) electrons. The molecule has 0 aliphatic carbocycles. The first kappa shape index (κ1) is 22.8. The summed E-state index contributed by atoms with van der Waals surface area (Å²) in [5.74, 6) is -0.0871. The van der Waals surface area contributed by atoms with Gasteiger partial charge in [-0.15, -0.1) is 0 Å². The molecule has 6 nitrogen and oxygen atoms in total. The molecule has 32 heavy (non-hydrogen) atoms. The van der Waals surface area contributed by atoms with Crippen LogP contribution < -0.4 is 5.32 Å². The third-order valence-electron chi connectivity index (χ3n) is 5.74. The van der Waals surface area contributed by atoms with Crippen molar-refractivity contribution >= 4 is 44.3 Å². The normalized spacial score (nSPS) is 15.7. The lowest BCUT2D eigenvalue weighted by molar-refractivity contribution is -0.115. The second-order valence-corrected chi connectivity index (χ2v) is 11.4. The van der Waals surface area contributed by atoms with Gasteiger partial charge in [-0.25, -0.2) is 13.4 Å². The number of carbonyl (C=O) groups is 1. The Bertz CT molecular complexity index is 1270. The number of para-hydroxylation sites is 1. The van der Waals surface area contributed by atoms with Crippen molar-refractivity contribution in [1.82, 2.24) is 9.29 Å². The van der Waals surface area contributed by atoms with Crippen LogP contribution in [0.5, 0.6) is 0 Å². The van der Waals surface area contributed by atoms with E-state index in [0.29, 0.717) is 18.0 Å². The van der Waals surface area contributed by atoms with Crippen LogP contribution in [0.15, 0.2) is 58.5 Å². The van der Waals surface area contributed by atoms with Crippen molar-refractivity contribution in [2.45, 2.75) is 48.8 Å². The monoisotopic (exact) mass is 469 g/mol. The van der Waals surface area contributed by atoms with Crippen LogP contribution in [-0.2, 0) is 14.8 Å². The van der Waals surface area contributed by atoms with Crippen LogP contribution in [0.4, 0.5) is 5.69 Å². The highest BCUT2D eigenvalue weighted by molar-refractivity contribution is 8.00. The summed E-state index contributed by atoms with van der Waals surface area (Å²) < 4.78 is 27.4. The number of aromatic nitrogens is 1. The fourth-order valence-electron chi connectivity index (χ4n) is 3.82. The maximum absolute atomic E-state index is 12.9. The molecule has 0 bridgehead atoms. The molecule has 0 saturated carbocycles. The predicted molar refractivity (Wildman–Crippen MR) is 130 cm³/mol. The van der Waals surface area contributed by atoms with Crippen molar-refractivity contribution in [2.75, 3.05) is 18.4 Å². The van der Waals surface area contributed by atoms with Crippen molar-refractivity contribution in [1.29, 1.82) is 0 Å². The summed E-state index contributed by atoms with van der Waals surface area (Å²) in [7, 11) is -3.47. The van der Waals surface area contributed by atoms with Crippen LogP contribution in [0.2, 0.25) is 0 Å². The van der Waals surface area contributed by atoms with E-state index in [1.165, 1.54) is 11.8 Å². The van der Waals surface area contributed by atoms with E-state index in [1.807, 2.05) is 51.1 Å². The zero-order valence-electron chi connectivity index (χ0n) is 18.5. The van der Waals surface area contributed by atoms with E-state index in [9.17, 15) is 13.2 Å². The largest absolute Gasteiger partial charge is 0.325 e. The number of anilines is 1. The maximum Gasteiger partial charge on any atom is 0.243 e. The van der Waals surface area contributed by atoms with Gasteiger partial charge in [0.25, 0.3) is 0 Å². The number of rotatable bonds is 6. The molecule has 0 spiro atoms. The Labute approximate surface area is 193 Å². The topological polar surface area (TPSA) is 79.4 Å². The van der Waals surface area contributed by atoms with Gasteiger partial charge in [0.15, 0.2) is 0 Å². The molecule has 1 fully saturated rings. The molecule has 0 unspecified atom stereocenters. The Hall–Kier alpha value is -2.42. The molecule has 1 aromatic heterocycles. The minimum absolute atomic E-state index is 0.0871. The summed E-state index contributed by atoms with van der Waals surface area (Å²) in [5, 5.41) is 4.18. The predicted octanol–water partition coefficient (Wildman–Crippen LogP) is 4.76. The standard InChI is InChI=1S/C24H27N3O3S2/c1-16-8-4-5-9-21(16)26-24(28)18(3)31-23-14-17(2)20-15-19(10-11-22(20)25-23)32(29,30)27-12-6-7-13-27/h4-5,8-11,14-15,18H,6-7,12-13H2,1-3H3,(H,26,28)/t18-/m1/s1. The van der Waals surface area contributed by atoms with Gasteiger partial charge in [0.05, 0.1) is 20.7 Å². The SMILES string of the molecule is Cc1ccccc1NC(=O)[C@@H](C)Sc1cc(C)c2cc(S(=O)(=O)N3CCCC3)ccc2n1. The molecule has 3 aromatic rings. The van der Waals surface area contributed by atoms with Crippen LogP contribution in [0.3, 0.4) is 0 Å². The highest BCUT2D eigenvalue weighted by Crippen LogP contribution is 2.30. The summed E-state index contributed by atoms with van der Waals surface area (Å²) in [6.07, 6.45) is 1.81. The zero-order valence-corrected chi connectivity index (χ0v) is 20.1. The highest BCUT2D eigenvalue weighted by atomic mass is 32.2. The fourth-order valence-corrected chi connectivity index (χ4v) is 6.29. The average Bonchev–Trinajstić information content (AvgIpc) is 3.31. The van der Waals surface area contributed by atoms with Gasteiger partial charge in [-0.3, -0.25) is 4.79 Å². The van der Waals surface area contributed by atoms with E-state index in [4.69, 9.17) is 0 Å². The van der Waals surface area contributed by atoms with Crippen LogP contribution in [0.25, 0.3) is 10.9 Å². The van der Waals surface area contributed by atoms with Crippen molar-refractivity contribution in [2.24, 2.45) is 0 Å². The first-order valence-electron chi connectivity index (χ1n) is 10.7. The van der Waals surface area contributed by atoms with E-state index in [0.717, 1.165) is 45.6 Å². The molecule has 168 valence electrons. The molecule has 8 heteroatoms. The Kier molecular flexibility index (Phi) is 6.55. The Morgan fingerprint density at radius 3 is 2.50 bits per heavy atom. The Morgan fingerprint density at radius 1 is 1.06 bits per heavy atom. The van der Waals surface area contributed by atoms with E-state index in [2.05, 4.69) is 10.3 Å². The number of benzene rings is 2. The minimum atomic E-state index is -3.47. The molecule has 2 heterocycles. The second-order valence-electron chi connectivity index (χ2n) is 8.13. The molecule has 2 aromatic carbocycles. The number of thioether (sulfide) groups is 1. The molecule has 1 atom stereocenters. The highest BCUT2D eigenvalue weighted by Gasteiger charge is 2.27. The number of carbonyl (C=O) groups excluding carboxylic acids is 1. The number of hydrogen-bond donors (Lipinski definition) is 1. The van der Waals surface area contributed by atoms with Gasteiger partial charge in [-0.05, 0) is 75.1 Å². The number of nitrogens with zero attached hydrogens (tertiary/aromatic N) is 2. The average molecular weight is 470 g/mol. The van der Waals surface area contributed by atoms with Crippen LogP contribution >= 0.6 is 11.8 Å². The van der Waals surface area contributed by atoms with Crippen molar-refractivity contribution < 1.29 is 13.2 Å². The molecular weight excluding hydrogens is 442 g/mol. The first-order chi connectivity index (χ1) is 15.3. The number of amides is 1. The zero-order chi connectivity index (χ0) is 22.9. The molecule has 1 amide bonds. The molecular formula is C24H27N3O3S2. The van der Waals surface area contributed by atoms with E-state index >= 15 is 0 Å². The third kappa shape index (κ3) is 4.67. The number of aryl methyl sites for hydroxylation is 2. The third-order valence-corrected chi connectivity index (χ3v) is 8.65. The number of sulfonamides is 1. The summed E-state index contributed by atoms with van der Waals surface area (Å²) in [4.78, 5) is 17.7. The lowest BCUT2D eigenvalue weighted by Crippen LogP contribution is -2.27. The van der Waals surface area contributed by atoms with Gasteiger partial charge in [-0.2, -0.15) is 4.31 Å². The number of nitrogens with one attached hydrogen (secondary N) is 1. The van der Waals surface area contributed by atoms with Gasteiger partial charge < -0.3 is 5.32 Å². The summed E-state index contributed by atoms with van der Waals surface area (Å²) in [6.45, 7) is 6.91. The molecule has 1 saturated heterocycles. The van der Waals surface area contributed by atoms with Gasteiger partial charge in [0.2, 0.25) is 15.9 Å². The smallest absolute Gasteiger partial charge is 0.243 e. The van der Waals surface area contributed by atoms with Crippen LogP contribution in [-0.4, -0.2) is 42.0 Å².